The van der Waals surface area contributed by atoms with Gasteiger partial charge in [0.25, 0.3) is 0 Å². The molecule has 0 saturated heterocycles. The number of benzene rings is 4. The topological polar surface area (TPSA) is 36.9 Å². The van der Waals surface area contributed by atoms with Gasteiger partial charge in [-0.15, -0.1) is 0 Å². The summed E-state index contributed by atoms with van der Waals surface area (Å²) in [7, 11) is 2.14. The molecule has 6 rings (SSSR count). The largest absolute Gasteiger partial charge is 0.455 e. The van der Waals surface area contributed by atoms with Gasteiger partial charge < -0.3 is 4.74 Å². The predicted molar refractivity (Wildman–Crippen MR) is 157 cm³/mol. The molecule has 0 unspecified atom stereocenters. The highest BCUT2D eigenvalue weighted by Gasteiger charge is 2.34. The van der Waals surface area contributed by atoms with Crippen molar-refractivity contribution in [3.8, 4) is 28.8 Å². The fourth-order valence-electron chi connectivity index (χ4n) is 6.22. The number of aromatic nitrogens is 1. The zero-order valence-corrected chi connectivity index (χ0v) is 23.5. The van der Waals surface area contributed by atoms with Crippen LogP contribution in [0.5, 0.6) is 11.5 Å². The predicted octanol–water partition coefficient (Wildman–Crippen LogP) is 8.73. The van der Waals surface area contributed by atoms with Crippen LogP contribution >= 0.6 is 0 Å². The van der Waals surface area contributed by atoms with Gasteiger partial charge in [-0.25, -0.2) is 4.57 Å². The lowest BCUT2D eigenvalue weighted by Crippen LogP contribution is -2.32. The van der Waals surface area contributed by atoms with Crippen molar-refractivity contribution in [3.05, 3.63) is 77.5 Å². The lowest BCUT2D eigenvalue weighted by molar-refractivity contribution is -0.659. The van der Waals surface area contributed by atoms with E-state index in [4.69, 9.17) is 4.74 Å². The Hall–Kier alpha value is -3.90. The van der Waals surface area contributed by atoms with Crippen molar-refractivity contribution in [2.24, 2.45) is 17.9 Å². The fraction of sp³-hybridized carbons (Fsp3) is 0.314. The summed E-state index contributed by atoms with van der Waals surface area (Å²) in [5.41, 5.74) is 5.83. The minimum atomic E-state index is -0.407. The molecule has 190 valence electrons. The second-order valence-corrected chi connectivity index (χ2v) is 12.9. The molecule has 4 aromatic carbocycles. The van der Waals surface area contributed by atoms with Gasteiger partial charge in [0.2, 0.25) is 5.69 Å². The Labute approximate surface area is 225 Å². The van der Waals surface area contributed by atoms with E-state index < -0.39 is 5.41 Å². The Morgan fingerprint density at radius 1 is 0.868 bits per heavy atom. The number of ether oxygens (including phenoxy) is 1. The first-order chi connectivity index (χ1) is 18.0. The normalized spacial score (nSPS) is 13.0. The van der Waals surface area contributed by atoms with Crippen LogP contribution in [0.2, 0.25) is 0 Å². The van der Waals surface area contributed by atoms with E-state index in [1.165, 1.54) is 54.9 Å². The number of nitriles is 1. The molecule has 0 radical (unpaired) electrons. The number of fused-ring (bicyclic) bond motifs is 5. The molecule has 1 aliphatic heterocycles. The van der Waals surface area contributed by atoms with Crippen molar-refractivity contribution in [3.63, 3.8) is 0 Å². The number of aryl methyl sites for hydroxylation is 2. The van der Waals surface area contributed by atoms with Crippen LogP contribution in [0, 0.1) is 29.1 Å². The summed E-state index contributed by atoms with van der Waals surface area (Å²) in [4.78, 5) is 0. The van der Waals surface area contributed by atoms with Crippen LogP contribution in [-0.2, 0) is 19.9 Å². The van der Waals surface area contributed by atoms with Gasteiger partial charge in [0, 0.05) is 17.0 Å². The highest BCUT2D eigenvalue weighted by Crippen LogP contribution is 2.52. The quantitative estimate of drug-likeness (QED) is 0.180. The van der Waals surface area contributed by atoms with E-state index >= 15 is 0 Å². The molecule has 0 N–H and O–H groups in total. The van der Waals surface area contributed by atoms with Crippen LogP contribution in [0.4, 0.5) is 0 Å². The summed E-state index contributed by atoms with van der Waals surface area (Å²) < 4.78 is 9.23. The van der Waals surface area contributed by atoms with E-state index in [2.05, 4.69) is 106 Å². The molecular formula is C35H35N2O+. The fourth-order valence-corrected chi connectivity index (χ4v) is 6.22. The molecule has 38 heavy (non-hydrogen) atoms. The summed E-state index contributed by atoms with van der Waals surface area (Å²) in [5, 5.41) is 16.9. The zero-order valence-electron chi connectivity index (χ0n) is 23.5. The number of hydrogen-bond donors (Lipinski definition) is 0. The van der Waals surface area contributed by atoms with Crippen LogP contribution in [0.25, 0.3) is 43.6 Å². The summed E-state index contributed by atoms with van der Waals surface area (Å²) in [6.07, 6.45) is 3.82. The molecule has 0 amide bonds. The molecule has 2 heterocycles. The van der Waals surface area contributed by atoms with Crippen molar-refractivity contribution in [2.45, 2.75) is 54.4 Å². The second-order valence-electron chi connectivity index (χ2n) is 12.9. The van der Waals surface area contributed by atoms with Crippen LogP contribution in [0.15, 0.2) is 60.8 Å². The van der Waals surface area contributed by atoms with E-state index in [0.29, 0.717) is 6.42 Å². The minimum absolute atomic E-state index is 0.107. The molecule has 3 heteroatoms. The number of pyridine rings is 1. The summed E-state index contributed by atoms with van der Waals surface area (Å²) in [6, 6.07) is 22.2. The van der Waals surface area contributed by atoms with Gasteiger partial charge in [0.1, 0.15) is 18.5 Å². The lowest BCUT2D eigenvalue weighted by atomic mass is 9.81. The molecule has 0 bridgehead atoms. The van der Waals surface area contributed by atoms with E-state index in [0.717, 1.165) is 23.3 Å². The average Bonchev–Trinajstić information content (AvgIpc) is 2.86. The molecule has 1 aliphatic rings. The number of nitrogens with zero attached hydrogens (tertiary/aromatic N) is 2. The maximum absolute atomic E-state index is 9.58. The Balaban J connectivity index is 1.69. The first-order valence-electron chi connectivity index (χ1n) is 13.5. The van der Waals surface area contributed by atoms with Crippen molar-refractivity contribution < 1.29 is 9.30 Å². The second kappa shape index (κ2) is 8.30. The average molecular weight is 500 g/mol. The minimum Gasteiger partial charge on any atom is -0.455 e. The van der Waals surface area contributed by atoms with Crippen molar-refractivity contribution in [1.82, 2.24) is 0 Å². The molecule has 0 spiro atoms. The summed E-state index contributed by atoms with van der Waals surface area (Å²) >= 11 is 0. The Morgan fingerprint density at radius 3 is 2.32 bits per heavy atom. The van der Waals surface area contributed by atoms with Crippen LogP contribution in [0.3, 0.4) is 0 Å². The Bertz CT molecular complexity index is 1830. The molecule has 5 aromatic rings. The van der Waals surface area contributed by atoms with E-state index in [1.807, 2.05) is 13.8 Å². The van der Waals surface area contributed by atoms with Gasteiger partial charge in [0.15, 0.2) is 6.20 Å². The van der Waals surface area contributed by atoms with Gasteiger partial charge in [-0.1, -0.05) is 63.2 Å². The van der Waals surface area contributed by atoms with Gasteiger partial charge in [-0.2, -0.15) is 5.26 Å². The van der Waals surface area contributed by atoms with E-state index in [-0.39, 0.29) is 5.41 Å². The molecule has 0 aliphatic carbocycles. The van der Waals surface area contributed by atoms with E-state index in [1.54, 1.807) is 0 Å². The maximum Gasteiger partial charge on any atom is 0.228 e. The third-order valence-electron chi connectivity index (χ3n) is 7.90. The SMILES string of the molecule is Cc1c2c(c(CC(C)(C)C)c3ccccc13)Oc1cc3cc(CC(C)(C)C#N)ccc3c3cc[n+](C)c-2c13. The maximum atomic E-state index is 9.58. The van der Waals surface area contributed by atoms with Crippen LogP contribution in [-0.4, -0.2) is 0 Å². The highest BCUT2D eigenvalue weighted by atomic mass is 16.5. The third kappa shape index (κ3) is 3.82. The summed E-state index contributed by atoms with van der Waals surface area (Å²) in [5.74, 6) is 1.90. The lowest BCUT2D eigenvalue weighted by Gasteiger charge is -2.28. The van der Waals surface area contributed by atoms with Crippen molar-refractivity contribution in [1.29, 1.82) is 5.26 Å². The number of rotatable bonds is 3. The zero-order chi connectivity index (χ0) is 27.0. The van der Waals surface area contributed by atoms with Gasteiger partial charge in [0.05, 0.1) is 22.4 Å². The molecule has 0 saturated carbocycles. The smallest absolute Gasteiger partial charge is 0.228 e. The van der Waals surface area contributed by atoms with Gasteiger partial charge >= 0.3 is 0 Å². The third-order valence-corrected chi connectivity index (χ3v) is 7.90. The first kappa shape index (κ1) is 24.4. The van der Waals surface area contributed by atoms with Crippen LogP contribution in [0.1, 0.15) is 51.3 Å². The Kier molecular flexibility index (Phi) is 5.34. The molecular weight excluding hydrogens is 464 g/mol. The summed E-state index contributed by atoms with van der Waals surface area (Å²) in [6.45, 7) is 13.1. The standard InChI is InChI=1S/C35H35N2O/c1-21-24-10-8-9-11-26(24)28(19-34(2,3)4)33-30(21)32-31-27(14-15-37(32)7)25-13-12-22(18-35(5,6)20-36)16-23(25)17-29(31)38-33/h8-17H,18-19H2,1-7H3/q+1. The molecule has 3 nitrogen and oxygen atoms in total. The van der Waals surface area contributed by atoms with Crippen molar-refractivity contribution in [2.75, 3.05) is 0 Å². The van der Waals surface area contributed by atoms with Gasteiger partial charge in [-0.3, -0.25) is 0 Å². The molecule has 0 fully saturated rings. The number of hydrogen-bond acceptors (Lipinski definition) is 2. The molecule has 1 aromatic heterocycles. The van der Waals surface area contributed by atoms with Crippen LogP contribution < -0.4 is 9.30 Å². The van der Waals surface area contributed by atoms with Crippen molar-refractivity contribution >= 4 is 32.3 Å². The monoisotopic (exact) mass is 499 g/mol. The highest BCUT2D eigenvalue weighted by molar-refractivity contribution is 6.16. The van der Waals surface area contributed by atoms with E-state index in [9.17, 15) is 5.26 Å². The van der Waals surface area contributed by atoms with Gasteiger partial charge in [-0.05, 0) is 77.8 Å². The molecule has 0 atom stereocenters. The first-order valence-corrected chi connectivity index (χ1v) is 13.5. The Morgan fingerprint density at radius 2 is 1.61 bits per heavy atom.